The molecule has 2 amide bonds. The second kappa shape index (κ2) is 5.97. The normalized spacial score (nSPS) is 22.0. The van der Waals surface area contributed by atoms with Crippen molar-refractivity contribution in [1.82, 2.24) is 5.01 Å². The highest BCUT2D eigenvalue weighted by atomic mass is 35.5. The lowest BCUT2D eigenvalue weighted by Gasteiger charge is -2.20. The highest BCUT2D eigenvalue weighted by Crippen LogP contribution is 2.33. The lowest BCUT2D eigenvalue weighted by atomic mass is 10.1. The monoisotopic (exact) mass is 354 g/mol. The molecule has 7 heteroatoms. The lowest BCUT2D eigenvalue weighted by Crippen LogP contribution is -2.39. The number of anilines is 1. The van der Waals surface area contributed by atoms with E-state index in [-0.39, 0.29) is 11.8 Å². The van der Waals surface area contributed by atoms with Crippen molar-refractivity contribution < 1.29 is 9.59 Å². The highest BCUT2D eigenvalue weighted by molar-refractivity contribution is 6.30. The van der Waals surface area contributed by atoms with Gasteiger partial charge in [0, 0.05) is 5.02 Å². The molecule has 25 heavy (non-hydrogen) atoms. The second-order valence-electron chi connectivity index (χ2n) is 6.17. The Bertz CT molecular complexity index is 881. The minimum absolute atomic E-state index is 0.300. The van der Waals surface area contributed by atoms with Gasteiger partial charge < -0.3 is 0 Å². The molecule has 0 saturated carbocycles. The van der Waals surface area contributed by atoms with E-state index in [2.05, 4.69) is 10.3 Å². The van der Waals surface area contributed by atoms with Crippen LogP contribution in [0.4, 0.5) is 5.69 Å². The van der Waals surface area contributed by atoms with Gasteiger partial charge >= 0.3 is 0 Å². The van der Waals surface area contributed by atoms with Crippen LogP contribution in [0.3, 0.4) is 0 Å². The van der Waals surface area contributed by atoms with Crippen molar-refractivity contribution in [1.29, 1.82) is 0 Å². The minimum atomic E-state index is -0.784. The SMILES string of the molecule is Cc1ccc(N2C(=O)[C@@H]3[C@@H](N=NN3Cc3cccc(Cl)c3)C2=O)cc1. The predicted molar refractivity (Wildman–Crippen MR) is 93.1 cm³/mol. The molecule has 126 valence electrons. The molecular formula is C18H15ClN4O2. The van der Waals surface area contributed by atoms with Crippen LogP contribution < -0.4 is 4.90 Å². The van der Waals surface area contributed by atoms with E-state index in [1.165, 1.54) is 4.90 Å². The van der Waals surface area contributed by atoms with Gasteiger partial charge in [0.2, 0.25) is 0 Å². The third kappa shape index (κ3) is 2.68. The number of hydrogen-bond acceptors (Lipinski definition) is 5. The average Bonchev–Trinajstić information content (AvgIpc) is 3.10. The second-order valence-corrected chi connectivity index (χ2v) is 6.61. The third-order valence-corrected chi connectivity index (χ3v) is 4.62. The number of hydrogen-bond donors (Lipinski definition) is 0. The van der Waals surface area contributed by atoms with Crippen molar-refractivity contribution in [2.24, 2.45) is 10.3 Å². The minimum Gasteiger partial charge on any atom is -0.271 e. The predicted octanol–water partition coefficient (Wildman–Crippen LogP) is 3.14. The Labute approximate surface area is 149 Å². The van der Waals surface area contributed by atoms with Crippen LogP contribution in [0.2, 0.25) is 5.02 Å². The van der Waals surface area contributed by atoms with Crippen molar-refractivity contribution in [3.05, 3.63) is 64.7 Å². The van der Waals surface area contributed by atoms with Gasteiger partial charge in [0.1, 0.15) is 0 Å². The molecule has 2 heterocycles. The molecule has 0 spiro atoms. The van der Waals surface area contributed by atoms with Crippen molar-refractivity contribution >= 4 is 29.1 Å². The smallest absolute Gasteiger partial charge is 0.263 e. The summed E-state index contributed by atoms with van der Waals surface area (Å²) in [6.07, 6.45) is 0. The zero-order valence-corrected chi connectivity index (χ0v) is 14.2. The van der Waals surface area contributed by atoms with Crippen molar-refractivity contribution in [3.8, 4) is 0 Å². The van der Waals surface area contributed by atoms with Crippen LogP contribution in [0.5, 0.6) is 0 Å². The first kappa shape index (κ1) is 15.8. The molecule has 1 fully saturated rings. The molecule has 2 aromatic rings. The summed E-state index contributed by atoms with van der Waals surface area (Å²) in [5.74, 6) is -0.637. The average molecular weight is 355 g/mol. The maximum atomic E-state index is 12.9. The molecule has 4 rings (SSSR count). The van der Waals surface area contributed by atoms with E-state index in [9.17, 15) is 9.59 Å². The van der Waals surface area contributed by atoms with E-state index in [4.69, 9.17) is 11.6 Å². The first-order valence-electron chi connectivity index (χ1n) is 7.91. The Morgan fingerprint density at radius 3 is 2.56 bits per heavy atom. The molecule has 0 N–H and O–H groups in total. The van der Waals surface area contributed by atoms with Gasteiger partial charge in [-0.3, -0.25) is 14.6 Å². The first-order chi connectivity index (χ1) is 12.0. The van der Waals surface area contributed by atoms with E-state index < -0.39 is 12.1 Å². The fourth-order valence-electron chi connectivity index (χ4n) is 3.12. The molecule has 0 bridgehead atoms. The summed E-state index contributed by atoms with van der Waals surface area (Å²) in [5, 5.41) is 10.2. The Balaban J connectivity index is 1.60. The lowest BCUT2D eigenvalue weighted by molar-refractivity contribution is -0.123. The van der Waals surface area contributed by atoms with E-state index >= 15 is 0 Å². The van der Waals surface area contributed by atoms with E-state index in [1.807, 2.05) is 37.3 Å². The number of amides is 2. The van der Waals surface area contributed by atoms with Gasteiger partial charge in [-0.15, -0.1) is 0 Å². The molecule has 6 nitrogen and oxygen atoms in total. The zero-order chi connectivity index (χ0) is 17.6. The molecule has 2 aliphatic heterocycles. The van der Waals surface area contributed by atoms with E-state index in [1.54, 1.807) is 23.2 Å². The molecule has 1 saturated heterocycles. The Hall–Kier alpha value is -2.73. The summed E-state index contributed by atoms with van der Waals surface area (Å²) < 4.78 is 0. The molecule has 0 radical (unpaired) electrons. The number of fused-ring (bicyclic) bond motifs is 1. The molecule has 2 aromatic carbocycles. The zero-order valence-electron chi connectivity index (χ0n) is 13.5. The van der Waals surface area contributed by atoms with Crippen LogP contribution in [-0.4, -0.2) is 28.9 Å². The van der Waals surface area contributed by atoms with Crippen molar-refractivity contribution in [2.45, 2.75) is 25.6 Å². The number of nitrogens with zero attached hydrogens (tertiary/aromatic N) is 4. The maximum absolute atomic E-state index is 12.9. The standard InChI is InChI=1S/C18H15ClN4O2/c1-11-5-7-14(8-6-11)23-17(24)15-16(18(23)25)22(21-20-15)10-12-3-2-4-13(19)9-12/h2-9,15-16H,10H2,1H3/t15-,16+/m1/s1. The van der Waals surface area contributed by atoms with Gasteiger partial charge in [0.05, 0.1) is 12.2 Å². The van der Waals surface area contributed by atoms with Gasteiger partial charge in [-0.05, 0) is 36.8 Å². The van der Waals surface area contributed by atoms with Crippen LogP contribution in [0, 0.1) is 6.92 Å². The molecule has 0 aliphatic carbocycles. The molecule has 2 aliphatic rings. The molecular weight excluding hydrogens is 340 g/mol. The van der Waals surface area contributed by atoms with Crippen molar-refractivity contribution in [2.75, 3.05) is 4.90 Å². The number of imide groups is 1. The number of halogens is 1. The Morgan fingerprint density at radius 2 is 1.84 bits per heavy atom. The van der Waals surface area contributed by atoms with Gasteiger partial charge in [-0.25, -0.2) is 4.90 Å². The van der Waals surface area contributed by atoms with Crippen molar-refractivity contribution in [3.63, 3.8) is 0 Å². The number of carbonyl (C=O) groups is 2. The summed E-state index contributed by atoms with van der Waals surface area (Å²) in [5.41, 5.74) is 2.53. The number of benzene rings is 2. The fourth-order valence-corrected chi connectivity index (χ4v) is 3.34. The number of carbonyl (C=O) groups excluding carboxylic acids is 2. The molecule has 2 atom stereocenters. The summed E-state index contributed by atoms with van der Waals surface area (Å²) in [4.78, 5) is 26.7. The fraction of sp³-hybridized carbons (Fsp3) is 0.222. The van der Waals surface area contributed by atoms with E-state index in [0.717, 1.165) is 11.1 Å². The van der Waals surface area contributed by atoms with Gasteiger partial charge in [0.15, 0.2) is 12.1 Å². The van der Waals surface area contributed by atoms with Crippen LogP contribution in [0.15, 0.2) is 58.9 Å². The van der Waals surface area contributed by atoms with Crippen LogP contribution in [-0.2, 0) is 16.1 Å². The first-order valence-corrected chi connectivity index (χ1v) is 8.29. The van der Waals surface area contributed by atoms with Gasteiger partial charge in [0.25, 0.3) is 11.8 Å². The largest absolute Gasteiger partial charge is 0.271 e. The van der Waals surface area contributed by atoms with Crippen LogP contribution >= 0.6 is 11.6 Å². The summed E-state index contributed by atoms with van der Waals surface area (Å²) in [7, 11) is 0. The third-order valence-electron chi connectivity index (χ3n) is 4.38. The summed E-state index contributed by atoms with van der Waals surface area (Å²) in [6.45, 7) is 2.32. The Morgan fingerprint density at radius 1 is 1.08 bits per heavy atom. The van der Waals surface area contributed by atoms with Gasteiger partial charge in [-0.1, -0.05) is 46.7 Å². The van der Waals surface area contributed by atoms with E-state index in [0.29, 0.717) is 17.3 Å². The topological polar surface area (TPSA) is 65.3 Å². The molecule has 0 aromatic heterocycles. The van der Waals surface area contributed by atoms with Gasteiger partial charge in [-0.2, -0.15) is 5.11 Å². The number of aryl methyl sites for hydroxylation is 1. The summed E-state index contributed by atoms with van der Waals surface area (Å²) >= 11 is 6.01. The summed E-state index contributed by atoms with van der Waals surface area (Å²) in [6, 6.07) is 13.1. The Kier molecular flexibility index (Phi) is 3.77. The number of rotatable bonds is 3. The van der Waals surface area contributed by atoms with Crippen LogP contribution in [0.1, 0.15) is 11.1 Å². The maximum Gasteiger partial charge on any atom is 0.263 e. The quantitative estimate of drug-likeness (QED) is 0.795. The molecule has 0 unspecified atom stereocenters. The van der Waals surface area contributed by atoms with Crippen LogP contribution in [0.25, 0.3) is 0 Å². The highest BCUT2D eigenvalue weighted by Gasteiger charge is 2.54.